The average Bonchev–Trinajstić information content (AvgIpc) is 2.84. The predicted octanol–water partition coefficient (Wildman–Crippen LogP) is 1.81. The van der Waals surface area contributed by atoms with Crippen molar-refractivity contribution in [3.8, 4) is 0 Å². The highest BCUT2D eigenvalue weighted by molar-refractivity contribution is 5.37. The zero-order valence-electron chi connectivity index (χ0n) is 9.99. The zero-order valence-corrected chi connectivity index (χ0v) is 9.99. The molecule has 0 aliphatic carbocycles. The van der Waals surface area contributed by atoms with Crippen LogP contribution in [0.5, 0.6) is 0 Å². The Kier molecular flexibility index (Phi) is 3.78. The maximum atomic E-state index is 12.1. The van der Waals surface area contributed by atoms with Crippen LogP contribution in [0.4, 0.5) is 19.0 Å². The van der Waals surface area contributed by atoms with Crippen LogP contribution in [0.3, 0.4) is 0 Å². The van der Waals surface area contributed by atoms with Crippen molar-refractivity contribution >= 4 is 11.5 Å². The minimum absolute atomic E-state index is 0.190. The summed E-state index contributed by atoms with van der Waals surface area (Å²) in [6.45, 7) is 0. The summed E-state index contributed by atoms with van der Waals surface area (Å²) in [6, 6.07) is 0. The second kappa shape index (κ2) is 5.51. The summed E-state index contributed by atoms with van der Waals surface area (Å²) in [7, 11) is 0. The van der Waals surface area contributed by atoms with E-state index in [-0.39, 0.29) is 5.65 Å². The molecule has 0 spiro atoms. The SMILES string of the molecule is FC(F)(F)c1cn2ccncc2n1.Nc1cnccn1. The van der Waals surface area contributed by atoms with Gasteiger partial charge >= 0.3 is 6.18 Å². The Balaban J connectivity index is 0.000000178. The molecule has 0 aliphatic heterocycles. The molecule has 0 saturated carbocycles. The van der Waals surface area contributed by atoms with Crippen molar-refractivity contribution in [2.75, 3.05) is 5.73 Å². The number of rotatable bonds is 0. The Bertz CT molecular complexity index is 646. The van der Waals surface area contributed by atoms with Crippen LogP contribution in [0.1, 0.15) is 5.69 Å². The number of anilines is 1. The number of nitrogens with zero attached hydrogens (tertiary/aromatic N) is 5. The highest BCUT2D eigenvalue weighted by Gasteiger charge is 2.33. The standard InChI is InChI=1S/C7H4F3N3.C4H5N3/c8-7(9,10)5-4-13-2-1-11-3-6(13)12-5;5-4-3-6-1-2-7-4/h1-4H;1-3H,(H2,5,7). The van der Waals surface area contributed by atoms with Gasteiger partial charge in [0.1, 0.15) is 5.82 Å². The van der Waals surface area contributed by atoms with Crippen molar-refractivity contribution < 1.29 is 13.2 Å². The second-order valence-electron chi connectivity index (χ2n) is 3.60. The van der Waals surface area contributed by atoms with Gasteiger partial charge in [-0.1, -0.05) is 0 Å². The van der Waals surface area contributed by atoms with Gasteiger partial charge in [0, 0.05) is 31.0 Å². The molecule has 0 unspecified atom stereocenters. The summed E-state index contributed by atoms with van der Waals surface area (Å²) in [6.07, 6.45) is 5.25. The van der Waals surface area contributed by atoms with E-state index in [1.165, 1.54) is 29.2 Å². The van der Waals surface area contributed by atoms with Crippen molar-refractivity contribution in [3.63, 3.8) is 0 Å². The van der Waals surface area contributed by atoms with Crippen molar-refractivity contribution in [3.05, 3.63) is 49.1 Å². The first-order valence-electron chi connectivity index (χ1n) is 5.34. The zero-order chi connectivity index (χ0) is 14.6. The molecule has 0 bridgehead atoms. The van der Waals surface area contributed by atoms with E-state index in [1.54, 1.807) is 12.4 Å². The van der Waals surface area contributed by atoms with Crippen LogP contribution in [0.2, 0.25) is 0 Å². The monoisotopic (exact) mass is 282 g/mol. The fraction of sp³-hybridized carbons (Fsp3) is 0.0909. The molecule has 9 heteroatoms. The molecule has 0 saturated heterocycles. The number of alkyl halides is 3. The number of aromatic nitrogens is 5. The number of hydrogen-bond acceptors (Lipinski definition) is 5. The number of hydrogen-bond donors (Lipinski definition) is 1. The van der Waals surface area contributed by atoms with E-state index in [2.05, 4.69) is 19.9 Å². The summed E-state index contributed by atoms with van der Waals surface area (Å²) in [5.41, 5.74) is 4.47. The summed E-state index contributed by atoms with van der Waals surface area (Å²) >= 11 is 0. The molecule has 3 rings (SSSR count). The lowest BCUT2D eigenvalue weighted by atomic mass is 10.5. The predicted molar refractivity (Wildman–Crippen MR) is 64.4 cm³/mol. The second-order valence-corrected chi connectivity index (χ2v) is 3.60. The molecule has 0 fully saturated rings. The lowest BCUT2D eigenvalue weighted by Gasteiger charge is -1.98. The third-order valence-electron chi connectivity index (χ3n) is 2.14. The molecule has 3 aromatic rings. The number of imidazole rings is 1. The number of nitrogen functional groups attached to an aromatic ring is 1. The van der Waals surface area contributed by atoms with Crippen LogP contribution in [0.15, 0.2) is 43.4 Å². The molecule has 0 amide bonds. The maximum Gasteiger partial charge on any atom is 0.434 e. The Morgan fingerprint density at radius 1 is 1.05 bits per heavy atom. The first-order chi connectivity index (χ1) is 9.47. The van der Waals surface area contributed by atoms with Crippen molar-refractivity contribution in [2.24, 2.45) is 0 Å². The molecular formula is C11H9F3N6. The van der Waals surface area contributed by atoms with Crippen LogP contribution in [-0.2, 0) is 6.18 Å². The van der Waals surface area contributed by atoms with E-state index in [1.807, 2.05) is 0 Å². The third kappa shape index (κ3) is 3.40. The van der Waals surface area contributed by atoms with Gasteiger partial charge in [0.05, 0.1) is 12.4 Å². The van der Waals surface area contributed by atoms with Gasteiger partial charge in [-0.15, -0.1) is 0 Å². The van der Waals surface area contributed by atoms with Crippen LogP contribution < -0.4 is 5.73 Å². The van der Waals surface area contributed by atoms with Crippen molar-refractivity contribution in [2.45, 2.75) is 6.18 Å². The highest BCUT2D eigenvalue weighted by Crippen LogP contribution is 2.27. The quantitative estimate of drug-likeness (QED) is 0.680. The maximum absolute atomic E-state index is 12.1. The Morgan fingerprint density at radius 2 is 1.80 bits per heavy atom. The lowest BCUT2D eigenvalue weighted by molar-refractivity contribution is -0.140. The largest absolute Gasteiger partial charge is 0.434 e. The van der Waals surface area contributed by atoms with Gasteiger partial charge in [0.2, 0.25) is 0 Å². The van der Waals surface area contributed by atoms with Gasteiger partial charge in [-0.3, -0.25) is 9.97 Å². The molecule has 2 N–H and O–H groups in total. The molecule has 104 valence electrons. The minimum Gasteiger partial charge on any atom is -0.382 e. The minimum atomic E-state index is -4.40. The van der Waals surface area contributed by atoms with Gasteiger partial charge in [-0.25, -0.2) is 9.97 Å². The van der Waals surface area contributed by atoms with Gasteiger partial charge in [0.15, 0.2) is 11.3 Å². The molecule has 0 radical (unpaired) electrons. The summed E-state index contributed by atoms with van der Waals surface area (Å²) in [4.78, 5) is 14.4. The molecular weight excluding hydrogens is 273 g/mol. The van der Waals surface area contributed by atoms with Gasteiger partial charge in [-0.2, -0.15) is 13.2 Å². The first-order valence-corrected chi connectivity index (χ1v) is 5.34. The van der Waals surface area contributed by atoms with Crippen LogP contribution in [0, 0.1) is 0 Å². The van der Waals surface area contributed by atoms with Gasteiger partial charge in [0.25, 0.3) is 0 Å². The molecule has 6 nitrogen and oxygen atoms in total. The number of nitrogens with two attached hydrogens (primary N) is 1. The Morgan fingerprint density at radius 3 is 2.30 bits per heavy atom. The Hall–Kier alpha value is -2.71. The average molecular weight is 282 g/mol. The summed E-state index contributed by atoms with van der Waals surface area (Å²) < 4.78 is 37.7. The highest BCUT2D eigenvalue weighted by atomic mass is 19.4. The van der Waals surface area contributed by atoms with E-state index in [4.69, 9.17) is 5.73 Å². The molecule has 3 heterocycles. The van der Waals surface area contributed by atoms with Gasteiger partial charge in [-0.05, 0) is 0 Å². The van der Waals surface area contributed by atoms with Crippen molar-refractivity contribution in [1.29, 1.82) is 0 Å². The van der Waals surface area contributed by atoms with Gasteiger partial charge < -0.3 is 10.1 Å². The van der Waals surface area contributed by atoms with Crippen LogP contribution in [0.25, 0.3) is 5.65 Å². The van der Waals surface area contributed by atoms with E-state index in [0.29, 0.717) is 5.82 Å². The smallest absolute Gasteiger partial charge is 0.382 e. The van der Waals surface area contributed by atoms with E-state index in [0.717, 1.165) is 6.20 Å². The fourth-order valence-electron chi connectivity index (χ4n) is 1.29. The molecule has 3 aromatic heterocycles. The fourth-order valence-corrected chi connectivity index (χ4v) is 1.29. The molecule has 0 aliphatic rings. The lowest BCUT2D eigenvalue weighted by Crippen LogP contribution is -2.04. The summed E-state index contributed by atoms with van der Waals surface area (Å²) in [5, 5.41) is 0. The first kappa shape index (κ1) is 13.7. The normalized spacial score (nSPS) is 10.9. The van der Waals surface area contributed by atoms with Crippen molar-refractivity contribution in [1.82, 2.24) is 24.3 Å². The van der Waals surface area contributed by atoms with E-state index >= 15 is 0 Å². The third-order valence-corrected chi connectivity index (χ3v) is 2.14. The summed E-state index contributed by atoms with van der Waals surface area (Å²) in [5.74, 6) is 0.461. The van der Waals surface area contributed by atoms with Crippen LogP contribution in [-0.4, -0.2) is 24.3 Å². The topological polar surface area (TPSA) is 82.0 Å². The van der Waals surface area contributed by atoms with E-state index < -0.39 is 11.9 Å². The molecule has 0 aromatic carbocycles. The van der Waals surface area contributed by atoms with E-state index in [9.17, 15) is 13.2 Å². The molecule has 0 atom stereocenters. The Labute approximate surface area is 111 Å². The number of halogens is 3. The van der Waals surface area contributed by atoms with Crippen LogP contribution >= 0.6 is 0 Å². The number of fused-ring (bicyclic) bond motifs is 1. The molecule has 20 heavy (non-hydrogen) atoms.